The molecule has 1 N–H and O–H groups in total. The van der Waals surface area contributed by atoms with E-state index in [1.165, 1.54) is 19.1 Å². The molecule has 0 aromatic heterocycles. The first kappa shape index (κ1) is 12.8. The lowest BCUT2D eigenvalue weighted by atomic mass is 9.83. The van der Waals surface area contributed by atoms with Crippen molar-refractivity contribution in [3.63, 3.8) is 0 Å². The van der Waals surface area contributed by atoms with Gasteiger partial charge in [0.15, 0.2) is 0 Å². The van der Waals surface area contributed by atoms with Crippen LogP contribution in [-0.2, 0) is 9.53 Å². The van der Waals surface area contributed by atoms with Crippen LogP contribution in [0, 0.1) is 5.92 Å². The summed E-state index contributed by atoms with van der Waals surface area (Å²) >= 11 is 0. The molecule has 0 bridgehead atoms. The molecule has 0 radical (unpaired) electrons. The number of carboxylic acids is 1. The first-order chi connectivity index (χ1) is 7.65. The Morgan fingerprint density at radius 1 is 1.44 bits per heavy atom. The molecule has 0 amide bonds. The zero-order valence-corrected chi connectivity index (χ0v) is 9.65. The third kappa shape index (κ3) is 3.72. The highest BCUT2D eigenvalue weighted by Crippen LogP contribution is 2.31. The van der Waals surface area contributed by atoms with Crippen molar-refractivity contribution in [3.8, 4) is 0 Å². The normalized spacial score (nSPS) is 24.8. The predicted octanol–water partition coefficient (Wildman–Crippen LogP) is 3.13. The lowest BCUT2D eigenvalue weighted by molar-refractivity contribution is -0.132. The SMILES string of the molecule is C=COC1CCCCC1CCC(=C)C(=O)O. The van der Waals surface area contributed by atoms with Crippen molar-refractivity contribution in [3.05, 3.63) is 25.0 Å². The highest BCUT2D eigenvalue weighted by molar-refractivity contribution is 5.85. The molecular weight excluding hydrogens is 204 g/mol. The summed E-state index contributed by atoms with van der Waals surface area (Å²) in [4.78, 5) is 10.6. The lowest BCUT2D eigenvalue weighted by Gasteiger charge is -2.30. The van der Waals surface area contributed by atoms with Crippen LogP contribution in [-0.4, -0.2) is 17.2 Å². The van der Waals surface area contributed by atoms with Crippen molar-refractivity contribution in [2.45, 2.75) is 44.6 Å². The third-order valence-corrected chi connectivity index (χ3v) is 3.23. The van der Waals surface area contributed by atoms with Gasteiger partial charge in [-0.1, -0.05) is 19.6 Å². The maximum Gasteiger partial charge on any atom is 0.330 e. The summed E-state index contributed by atoms with van der Waals surface area (Å²) < 4.78 is 5.47. The molecule has 0 aromatic rings. The summed E-state index contributed by atoms with van der Waals surface area (Å²) in [6.07, 6.45) is 7.68. The standard InChI is InChI=1S/C13H20O3/c1-3-16-12-7-5-4-6-11(12)9-8-10(2)13(14)15/h3,11-12H,1-2,4-9H2,(H,14,15). The topological polar surface area (TPSA) is 46.5 Å². The number of carboxylic acid groups (broad SMARTS) is 1. The highest BCUT2D eigenvalue weighted by atomic mass is 16.5. The van der Waals surface area contributed by atoms with Gasteiger partial charge in [0.05, 0.1) is 6.26 Å². The molecule has 0 aliphatic heterocycles. The van der Waals surface area contributed by atoms with Crippen molar-refractivity contribution in [1.82, 2.24) is 0 Å². The fourth-order valence-electron chi connectivity index (χ4n) is 2.27. The average molecular weight is 224 g/mol. The first-order valence-corrected chi connectivity index (χ1v) is 5.82. The van der Waals surface area contributed by atoms with Gasteiger partial charge in [-0.3, -0.25) is 0 Å². The Hall–Kier alpha value is -1.25. The minimum absolute atomic E-state index is 0.216. The highest BCUT2D eigenvalue weighted by Gasteiger charge is 2.25. The Morgan fingerprint density at radius 3 is 2.75 bits per heavy atom. The minimum Gasteiger partial charge on any atom is -0.498 e. The molecule has 3 nitrogen and oxygen atoms in total. The molecule has 2 atom stereocenters. The molecule has 2 unspecified atom stereocenters. The summed E-state index contributed by atoms with van der Waals surface area (Å²) in [5.41, 5.74) is 0.294. The van der Waals surface area contributed by atoms with Crippen LogP contribution >= 0.6 is 0 Å². The van der Waals surface area contributed by atoms with Crippen molar-refractivity contribution in [2.75, 3.05) is 0 Å². The molecule has 1 saturated carbocycles. The number of hydrogen-bond acceptors (Lipinski definition) is 2. The van der Waals surface area contributed by atoms with E-state index >= 15 is 0 Å². The van der Waals surface area contributed by atoms with E-state index in [-0.39, 0.29) is 6.10 Å². The third-order valence-electron chi connectivity index (χ3n) is 3.23. The number of aliphatic carboxylic acids is 1. The van der Waals surface area contributed by atoms with Gasteiger partial charge in [0.25, 0.3) is 0 Å². The average Bonchev–Trinajstić information content (AvgIpc) is 2.27. The van der Waals surface area contributed by atoms with Crippen molar-refractivity contribution in [2.24, 2.45) is 5.92 Å². The van der Waals surface area contributed by atoms with Gasteiger partial charge in [-0.05, 0) is 38.0 Å². The van der Waals surface area contributed by atoms with Crippen molar-refractivity contribution < 1.29 is 14.6 Å². The van der Waals surface area contributed by atoms with Gasteiger partial charge < -0.3 is 9.84 Å². The van der Waals surface area contributed by atoms with Gasteiger partial charge in [0, 0.05) is 5.57 Å². The summed E-state index contributed by atoms with van der Waals surface area (Å²) in [6, 6.07) is 0. The molecule has 3 heteroatoms. The summed E-state index contributed by atoms with van der Waals surface area (Å²) in [6.45, 7) is 7.13. The van der Waals surface area contributed by atoms with Gasteiger partial charge in [0.1, 0.15) is 6.10 Å². The van der Waals surface area contributed by atoms with E-state index in [0.717, 1.165) is 19.3 Å². The van der Waals surface area contributed by atoms with Crippen LogP contribution in [0.4, 0.5) is 0 Å². The number of hydrogen-bond donors (Lipinski definition) is 1. The van der Waals surface area contributed by atoms with E-state index in [1.54, 1.807) is 0 Å². The molecule has 1 aliphatic carbocycles. The largest absolute Gasteiger partial charge is 0.498 e. The number of rotatable bonds is 6. The van der Waals surface area contributed by atoms with E-state index in [2.05, 4.69) is 13.2 Å². The molecule has 0 heterocycles. The smallest absolute Gasteiger partial charge is 0.330 e. The number of ether oxygens (including phenoxy) is 1. The van der Waals surface area contributed by atoms with Crippen LogP contribution in [0.15, 0.2) is 25.0 Å². The fraction of sp³-hybridized carbons (Fsp3) is 0.615. The summed E-state index contributed by atoms with van der Waals surface area (Å²) in [5, 5.41) is 8.73. The molecular formula is C13H20O3. The van der Waals surface area contributed by atoms with Crippen molar-refractivity contribution in [1.29, 1.82) is 0 Å². The van der Waals surface area contributed by atoms with Crippen LogP contribution < -0.4 is 0 Å². The van der Waals surface area contributed by atoms with Crippen LogP contribution in [0.2, 0.25) is 0 Å². The Bertz CT molecular complexity index is 270. The Labute approximate surface area is 96.8 Å². The predicted molar refractivity (Wildman–Crippen MR) is 63.0 cm³/mol. The van der Waals surface area contributed by atoms with Gasteiger partial charge in [-0.2, -0.15) is 0 Å². The molecule has 90 valence electrons. The van der Waals surface area contributed by atoms with E-state index in [4.69, 9.17) is 9.84 Å². The van der Waals surface area contributed by atoms with E-state index < -0.39 is 5.97 Å². The fourth-order valence-corrected chi connectivity index (χ4v) is 2.27. The quantitative estimate of drug-likeness (QED) is 0.557. The second-order valence-electron chi connectivity index (χ2n) is 4.33. The summed E-state index contributed by atoms with van der Waals surface area (Å²) in [7, 11) is 0. The second kappa shape index (κ2) is 6.36. The van der Waals surface area contributed by atoms with E-state index in [1.807, 2.05) is 0 Å². The maximum absolute atomic E-state index is 10.6. The second-order valence-corrected chi connectivity index (χ2v) is 4.33. The molecule has 16 heavy (non-hydrogen) atoms. The first-order valence-electron chi connectivity index (χ1n) is 5.82. The molecule has 0 spiro atoms. The summed E-state index contributed by atoms with van der Waals surface area (Å²) in [5.74, 6) is -0.445. The monoisotopic (exact) mass is 224 g/mol. The molecule has 1 fully saturated rings. The number of carbonyl (C=O) groups is 1. The van der Waals surface area contributed by atoms with Gasteiger partial charge in [-0.15, -0.1) is 0 Å². The molecule has 1 rings (SSSR count). The zero-order valence-electron chi connectivity index (χ0n) is 9.65. The Kier molecular flexibility index (Phi) is 5.09. The van der Waals surface area contributed by atoms with Gasteiger partial charge >= 0.3 is 5.97 Å². The van der Waals surface area contributed by atoms with Crippen LogP contribution in [0.1, 0.15) is 38.5 Å². The van der Waals surface area contributed by atoms with Crippen LogP contribution in [0.5, 0.6) is 0 Å². The zero-order chi connectivity index (χ0) is 12.0. The van der Waals surface area contributed by atoms with Crippen molar-refractivity contribution >= 4 is 5.97 Å². The van der Waals surface area contributed by atoms with E-state index in [9.17, 15) is 4.79 Å². The van der Waals surface area contributed by atoms with Crippen LogP contribution in [0.3, 0.4) is 0 Å². The van der Waals surface area contributed by atoms with Crippen LogP contribution in [0.25, 0.3) is 0 Å². The maximum atomic E-state index is 10.6. The van der Waals surface area contributed by atoms with Gasteiger partial charge in [0.2, 0.25) is 0 Å². The minimum atomic E-state index is -0.892. The van der Waals surface area contributed by atoms with Gasteiger partial charge in [-0.25, -0.2) is 4.79 Å². The lowest BCUT2D eigenvalue weighted by Crippen LogP contribution is -2.26. The Morgan fingerprint density at radius 2 is 2.12 bits per heavy atom. The molecule has 0 saturated heterocycles. The van der Waals surface area contributed by atoms with E-state index in [0.29, 0.717) is 17.9 Å². The Balaban J connectivity index is 2.40. The molecule has 1 aliphatic rings. The molecule has 0 aromatic carbocycles.